The minimum absolute atomic E-state index is 0.749. The molecule has 0 bridgehead atoms. The Labute approximate surface area is 94.4 Å². The van der Waals surface area contributed by atoms with Gasteiger partial charge in [-0.25, -0.2) is 5.01 Å². The number of hydrogen-bond acceptors (Lipinski definition) is 2. The fourth-order valence-electron chi connectivity index (χ4n) is 3.11. The summed E-state index contributed by atoms with van der Waals surface area (Å²) in [6, 6.07) is 0.749. The van der Waals surface area contributed by atoms with Crippen LogP contribution in [0.15, 0.2) is 0 Å². The van der Waals surface area contributed by atoms with Crippen LogP contribution in [0.1, 0.15) is 52.4 Å². The lowest BCUT2D eigenvalue weighted by molar-refractivity contribution is 0.0840. The Kier molecular flexibility index (Phi) is 4.04. The van der Waals surface area contributed by atoms with E-state index in [4.69, 9.17) is 0 Å². The van der Waals surface area contributed by atoms with Gasteiger partial charge in [0.2, 0.25) is 0 Å². The van der Waals surface area contributed by atoms with Crippen LogP contribution in [0.25, 0.3) is 0 Å². The molecule has 0 spiro atoms. The summed E-state index contributed by atoms with van der Waals surface area (Å²) < 4.78 is 0. The van der Waals surface area contributed by atoms with Crippen molar-refractivity contribution in [1.29, 1.82) is 0 Å². The van der Waals surface area contributed by atoms with Crippen LogP contribution in [0.5, 0.6) is 0 Å². The Morgan fingerprint density at radius 1 is 1.00 bits per heavy atom. The lowest BCUT2D eigenvalue weighted by Gasteiger charge is -2.38. The van der Waals surface area contributed by atoms with Gasteiger partial charge >= 0.3 is 0 Å². The van der Waals surface area contributed by atoms with E-state index < -0.39 is 0 Å². The molecule has 1 aliphatic heterocycles. The van der Waals surface area contributed by atoms with Gasteiger partial charge in [0, 0.05) is 19.1 Å². The molecule has 0 aromatic heterocycles. The Bertz CT molecular complexity index is 187. The standard InChI is InChI=1S/C13H26N2/c1-11-6-7-13(12(2)10-11)14-15-8-4-3-5-9-15/h11-14H,3-10H2,1-2H3. The van der Waals surface area contributed by atoms with E-state index in [9.17, 15) is 0 Å². The van der Waals surface area contributed by atoms with Gasteiger partial charge in [-0.05, 0) is 43.9 Å². The SMILES string of the molecule is CC1CCC(NN2CCCCC2)C(C)C1. The molecule has 1 saturated carbocycles. The van der Waals surface area contributed by atoms with Crippen molar-refractivity contribution < 1.29 is 0 Å². The van der Waals surface area contributed by atoms with Gasteiger partial charge < -0.3 is 0 Å². The first-order chi connectivity index (χ1) is 7.25. The highest BCUT2D eigenvalue weighted by molar-refractivity contribution is 4.80. The van der Waals surface area contributed by atoms with E-state index in [2.05, 4.69) is 24.3 Å². The van der Waals surface area contributed by atoms with Gasteiger partial charge in [0.05, 0.1) is 0 Å². The Morgan fingerprint density at radius 3 is 2.40 bits per heavy atom. The molecule has 2 nitrogen and oxygen atoms in total. The van der Waals surface area contributed by atoms with Crippen LogP contribution in [0.4, 0.5) is 0 Å². The molecule has 2 heteroatoms. The lowest BCUT2D eigenvalue weighted by Crippen LogP contribution is -2.50. The van der Waals surface area contributed by atoms with E-state index in [1.807, 2.05) is 0 Å². The van der Waals surface area contributed by atoms with E-state index in [0.29, 0.717) is 0 Å². The van der Waals surface area contributed by atoms with Crippen LogP contribution in [0.3, 0.4) is 0 Å². The monoisotopic (exact) mass is 210 g/mol. The second kappa shape index (κ2) is 5.31. The van der Waals surface area contributed by atoms with E-state index in [0.717, 1.165) is 17.9 Å². The second-order valence-corrected chi connectivity index (χ2v) is 5.68. The third kappa shape index (κ3) is 3.18. The first-order valence-corrected chi connectivity index (χ1v) is 6.77. The summed E-state index contributed by atoms with van der Waals surface area (Å²) in [4.78, 5) is 0. The number of hydrogen-bond donors (Lipinski definition) is 1. The zero-order valence-corrected chi connectivity index (χ0v) is 10.3. The van der Waals surface area contributed by atoms with Crippen LogP contribution in [0.2, 0.25) is 0 Å². The number of nitrogens with zero attached hydrogens (tertiary/aromatic N) is 1. The molecule has 2 rings (SSSR count). The van der Waals surface area contributed by atoms with Crippen LogP contribution in [-0.4, -0.2) is 24.1 Å². The molecule has 15 heavy (non-hydrogen) atoms. The highest BCUT2D eigenvalue weighted by atomic mass is 15.5. The maximum atomic E-state index is 3.76. The van der Waals surface area contributed by atoms with Gasteiger partial charge in [0.1, 0.15) is 0 Å². The quantitative estimate of drug-likeness (QED) is 0.754. The molecule has 1 saturated heterocycles. The van der Waals surface area contributed by atoms with E-state index in [1.165, 1.54) is 51.6 Å². The number of rotatable bonds is 2. The molecule has 1 N–H and O–H groups in total. The van der Waals surface area contributed by atoms with Gasteiger partial charge in [-0.3, -0.25) is 5.43 Å². The molecule has 0 radical (unpaired) electrons. The zero-order chi connectivity index (χ0) is 10.7. The fraction of sp³-hybridized carbons (Fsp3) is 1.00. The summed E-state index contributed by atoms with van der Waals surface area (Å²) in [7, 11) is 0. The van der Waals surface area contributed by atoms with Crippen molar-refractivity contribution in [1.82, 2.24) is 10.4 Å². The Hall–Kier alpha value is -0.0800. The predicted octanol–water partition coefficient (Wildman–Crippen LogP) is 2.80. The summed E-state index contributed by atoms with van der Waals surface area (Å²) in [6.45, 7) is 7.34. The van der Waals surface area contributed by atoms with E-state index in [1.54, 1.807) is 0 Å². The molecule has 88 valence electrons. The van der Waals surface area contributed by atoms with Gasteiger partial charge in [-0.2, -0.15) is 0 Å². The molecule has 1 aliphatic carbocycles. The number of hydrazine groups is 1. The Balaban J connectivity index is 1.77. The van der Waals surface area contributed by atoms with Crippen LogP contribution < -0.4 is 5.43 Å². The molecule has 0 aromatic carbocycles. The molecule has 0 amide bonds. The van der Waals surface area contributed by atoms with Crippen molar-refractivity contribution >= 4 is 0 Å². The smallest absolute Gasteiger partial charge is 0.0241 e. The van der Waals surface area contributed by atoms with Gasteiger partial charge in [0.25, 0.3) is 0 Å². The first-order valence-electron chi connectivity index (χ1n) is 6.77. The normalized spacial score (nSPS) is 39.2. The topological polar surface area (TPSA) is 15.3 Å². The average Bonchev–Trinajstić information content (AvgIpc) is 2.24. The third-order valence-corrected chi connectivity index (χ3v) is 4.14. The minimum atomic E-state index is 0.749. The summed E-state index contributed by atoms with van der Waals surface area (Å²) in [6.07, 6.45) is 8.38. The van der Waals surface area contributed by atoms with Crippen molar-refractivity contribution in [2.75, 3.05) is 13.1 Å². The summed E-state index contributed by atoms with van der Waals surface area (Å²) in [5, 5.41) is 2.47. The molecular weight excluding hydrogens is 184 g/mol. The number of nitrogens with one attached hydrogen (secondary N) is 1. The van der Waals surface area contributed by atoms with Crippen molar-refractivity contribution in [2.24, 2.45) is 11.8 Å². The maximum absolute atomic E-state index is 3.76. The van der Waals surface area contributed by atoms with Crippen molar-refractivity contribution in [2.45, 2.75) is 58.4 Å². The van der Waals surface area contributed by atoms with Crippen molar-refractivity contribution in [3.8, 4) is 0 Å². The highest BCUT2D eigenvalue weighted by Crippen LogP contribution is 2.28. The van der Waals surface area contributed by atoms with Crippen molar-refractivity contribution in [3.05, 3.63) is 0 Å². The highest BCUT2D eigenvalue weighted by Gasteiger charge is 2.26. The van der Waals surface area contributed by atoms with Crippen LogP contribution in [-0.2, 0) is 0 Å². The molecule has 2 aliphatic rings. The zero-order valence-electron chi connectivity index (χ0n) is 10.3. The van der Waals surface area contributed by atoms with Gasteiger partial charge in [-0.1, -0.05) is 20.3 Å². The van der Waals surface area contributed by atoms with E-state index >= 15 is 0 Å². The molecule has 3 unspecified atom stereocenters. The van der Waals surface area contributed by atoms with Crippen LogP contribution >= 0.6 is 0 Å². The first kappa shape index (κ1) is 11.4. The fourth-order valence-corrected chi connectivity index (χ4v) is 3.11. The largest absolute Gasteiger partial charge is 0.252 e. The van der Waals surface area contributed by atoms with Crippen LogP contribution in [0, 0.1) is 11.8 Å². The summed E-state index contributed by atoms with van der Waals surface area (Å²) in [5.74, 6) is 1.80. The predicted molar refractivity (Wildman–Crippen MR) is 64.5 cm³/mol. The average molecular weight is 210 g/mol. The Morgan fingerprint density at radius 2 is 1.73 bits per heavy atom. The van der Waals surface area contributed by atoms with Gasteiger partial charge in [-0.15, -0.1) is 0 Å². The second-order valence-electron chi connectivity index (χ2n) is 5.68. The van der Waals surface area contributed by atoms with E-state index in [-0.39, 0.29) is 0 Å². The molecular formula is C13H26N2. The number of piperidine rings is 1. The molecule has 1 heterocycles. The van der Waals surface area contributed by atoms with Gasteiger partial charge in [0.15, 0.2) is 0 Å². The summed E-state index contributed by atoms with van der Waals surface area (Å²) >= 11 is 0. The lowest BCUT2D eigenvalue weighted by atomic mass is 9.80. The molecule has 2 fully saturated rings. The van der Waals surface area contributed by atoms with Crippen molar-refractivity contribution in [3.63, 3.8) is 0 Å². The third-order valence-electron chi connectivity index (χ3n) is 4.14. The summed E-state index contributed by atoms with van der Waals surface area (Å²) in [5.41, 5.74) is 3.76. The minimum Gasteiger partial charge on any atom is -0.252 e. The molecule has 3 atom stereocenters. The molecule has 0 aromatic rings. The maximum Gasteiger partial charge on any atom is 0.0241 e.